The van der Waals surface area contributed by atoms with Crippen molar-refractivity contribution >= 4 is 17.9 Å². The SMILES string of the molecule is CC1=C(C#N)C(=O)N(CC(C)C)C(=O)/C1=C/c1cn(-c2ccccc2)nc1-c1c(C)cc(C)cc1C. The molecule has 0 spiro atoms. The van der Waals surface area contributed by atoms with Crippen LogP contribution in [-0.4, -0.2) is 33.0 Å². The van der Waals surface area contributed by atoms with E-state index in [1.54, 1.807) is 17.7 Å². The summed E-state index contributed by atoms with van der Waals surface area (Å²) in [7, 11) is 0. The number of nitriles is 1. The Bertz CT molecular complexity index is 1440. The molecule has 0 unspecified atom stereocenters. The van der Waals surface area contributed by atoms with E-state index in [-0.39, 0.29) is 23.9 Å². The van der Waals surface area contributed by atoms with Crippen LogP contribution in [0.3, 0.4) is 0 Å². The van der Waals surface area contributed by atoms with Crippen LogP contribution in [-0.2, 0) is 9.59 Å². The van der Waals surface area contributed by atoms with Crippen LogP contribution < -0.4 is 0 Å². The van der Waals surface area contributed by atoms with Crippen LogP contribution >= 0.6 is 0 Å². The van der Waals surface area contributed by atoms with Gasteiger partial charge in [-0.1, -0.05) is 49.7 Å². The van der Waals surface area contributed by atoms with Gasteiger partial charge < -0.3 is 0 Å². The first kappa shape index (κ1) is 24.9. The first-order valence-electron chi connectivity index (χ1n) is 12.0. The maximum Gasteiger partial charge on any atom is 0.271 e. The third-order valence-electron chi connectivity index (χ3n) is 6.35. The van der Waals surface area contributed by atoms with E-state index in [1.807, 2.05) is 56.4 Å². The number of carbonyl (C=O) groups is 2. The molecule has 1 aliphatic rings. The minimum absolute atomic E-state index is 0.00111. The molecule has 0 radical (unpaired) electrons. The number of para-hydroxylation sites is 1. The second-order valence-corrected chi connectivity index (χ2v) is 9.77. The highest BCUT2D eigenvalue weighted by Gasteiger charge is 2.36. The number of rotatable bonds is 5. The molecule has 6 nitrogen and oxygen atoms in total. The summed E-state index contributed by atoms with van der Waals surface area (Å²) in [5.41, 5.74) is 7.45. The smallest absolute Gasteiger partial charge is 0.271 e. The van der Waals surface area contributed by atoms with E-state index < -0.39 is 5.91 Å². The van der Waals surface area contributed by atoms with E-state index in [4.69, 9.17) is 5.10 Å². The summed E-state index contributed by atoms with van der Waals surface area (Å²) < 4.78 is 1.80. The van der Waals surface area contributed by atoms with Crippen molar-refractivity contribution in [2.45, 2.75) is 41.5 Å². The Labute approximate surface area is 212 Å². The zero-order valence-electron chi connectivity index (χ0n) is 21.6. The van der Waals surface area contributed by atoms with Gasteiger partial charge in [-0.15, -0.1) is 0 Å². The van der Waals surface area contributed by atoms with Crippen molar-refractivity contribution in [3.63, 3.8) is 0 Å². The van der Waals surface area contributed by atoms with Crippen LogP contribution in [0, 0.1) is 38.0 Å². The van der Waals surface area contributed by atoms with Gasteiger partial charge in [-0.2, -0.15) is 10.4 Å². The zero-order valence-corrected chi connectivity index (χ0v) is 21.6. The molecule has 0 aliphatic carbocycles. The molecule has 2 heterocycles. The Kier molecular flexibility index (Phi) is 6.76. The number of imide groups is 1. The molecule has 182 valence electrons. The average Bonchev–Trinajstić information content (AvgIpc) is 3.23. The number of nitrogens with zero attached hydrogens (tertiary/aromatic N) is 4. The average molecular weight is 479 g/mol. The quantitative estimate of drug-likeness (QED) is 0.347. The molecule has 0 bridgehead atoms. The van der Waals surface area contributed by atoms with E-state index in [9.17, 15) is 14.9 Å². The predicted octanol–water partition coefficient (Wildman–Crippen LogP) is 5.71. The lowest BCUT2D eigenvalue weighted by atomic mass is 9.91. The van der Waals surface area contributed by atoms with Gasteiger partial charge in [-0.05, 0) is 68.5 Å². The van der Waals surface area contributed by atoms with Gasteiger partial charge in [0.05, 0.1) is 5.69 Å². The fourth-order valence-electron chi connectivity index (χ4n) is 4.77. The molecule has 1 aliphatic heterocycles. The fraction of sp³-hybridized carbons (Fsp3) is 0.267. The van der Waals surface area contributed by atoms with E-state index in [1.165, 1.54) is 10.5 Å². The molecule has 2 aromatic carbocycles. The van der Waals surface area contributed by atoms with E-state index in [0.29, 0.717) is 11.1 Å². The van der Waals surface area contributed by atoms with Gasteiger partial charge in [-0.25, -0.2) is 4.68 Å². The van der Waals surface area contributed by atoms with Crippen LogP contribution in [0.1, 0.15) is 43.0 Å². The van der Waals surface area contributed by atoms with Crippen molar-refractivity contribution in [1.29, 1.82) is 5.26 Å². The van der Waals surface area contributed by atoms with Crippen LogP contribution in [0.4, 0.5) is 0 Å². The highest BCUT2D eigenvalue weighted by molar-refractivity contribution is 6.19. The fourth-order valence-corrected chi connectivity index (χ4v) is 4.77. The van der Waals surface area contributed by atoms with Crippen molar-refractivity contribution in [2.75, 3.05) is 6.54 Å². The molecule has 0 saturated heterocycles. The molecule has 6 heteroatoms. The first-order chi connectivity index (χ1) is 17.1. The lowest BCUT2D eigenvalue weighted by molar-refractivity contribution is -0.141. The van der Waals surface area contributed by atoms with Crippen molar-refractivity contribution in [3.8, 4) is 23.0 Å². The summed E-state index contributed by atoms with van der Waals surface area (Å²) in [4.78, 5) is 27.6. The zero-order chi connectivity index (χ0) is 26.1. The van der Waals surface area contributed by atoms with Gasteiger partial charge in [0.15, 0.2) is 0 Å². The molecule has 4 rings (SSSR count). The van der Waals surface area contributed by atoms with Crippen molar-refractivity contribution in [1.82, 2.24) is 14.7 Å². The Balaban J connectivity index is 1.98. The molecule has 1 aromatic heterocycles. The van der Waals surface area contributed by atoms with Crippen LogP contribution in [0.2, 0.25) is 0 Å². The third-order valence-corrected chi connectivity index (χ3v) is 6.35. The maximum absolute atomic E-state index is 13.5. The number of amides is 2. The standard InChI is InChI=1S/C30H30N4O2/c1-18(2)16-33-29(35)25(22(6)26(15-31)30(33)36)14-23-17-34(24-10-8-7-9-11-24)32-28(23)27-20(4)12-19(3)13-21(27)5/h7-14,17-18H,16H2,1-6H3/b25-14+. The Morgan fingerprint density at radius 1 is 1.00 bits per heavy atom. The van der Waals surface area contributed by atoms with Crippen molar-refractivity contribution < 1.29 is 9.59 Å². The molecule has 3 aromatic rings. The number of aromatic nitrogens is 2. The molecular weight excluding hydrogens is 448 g/mol. The number of benzene rings is 2. The number of hydrogen-bond donors (Lipinski definition) is 0. The topological polar surface area (TPSA) is 79.0 Å². The van der Waals surface area contributed by atoms with E-state index >= 15 is 0 Å². The summed E-state index contributed by atoms with van der Waals surface area (Å²) >= 11 is 0. The highest BCUT2D eigenvalue weighted by atomic mass is 16.2. The molecule has 2 amide bonds. The van der Waals surface area contributed by atoms with Crippen molar-refractivity contribution in [3.05, 3.63) is 87.6 Å². The molecular formula is C30H30N4O2. The van der Waals surface area contributed by atoms with E-state index in [0.717, 1.165) is 33.6 Å². The second-order valence-electron chi connectivity index (χ2n) is 9.77. The number of aryl methyl sites for hydroxylation is 3. The Morgan fingerprint density at radius 3 is 2.22 bits per heavy atom. The van der Waals surface area contributed by atoms with Crippen molar-refractivity contribution in [2.24, 2.45) is 5.92 Å². The number of hydrogen-bond acceptors (Lipinski definition) is 4. The summed E-state index contributed by atoms with van der Waals surface area (Å²) in [5.74, 6) is -0.844. The van der Waals surface area contributed by atoms with Gasteiger partial charge in [0.25, 0.3) is 11.8 Å². The molecule has 0 fully saturated rings. The molecule has 0 atom stereocenters. The molecule has 0 N–H and O–H groups in total. The maximum atomic E-state index is 13.5. The van der Waals surface area contributed by atoms with Crippen LogP contribution in [0.5, 0.6) is 0 Å². The second kappa shape index (κ2) is 9.79. The van der Waals surface area contributed by atoms with Gasteiger partial charge in [0, 0.05) is 29.4 Å². The lowest BCUT2D eigenvalue weighted by Crippen LogP contribution is -2.44. The Morgan fingerprint density at radius 2 is 1.64 bits per heavy atom. The van der Waals surface area contributed by atoms with E-state index in [2.05, 4.69) is 32.9 Å². The van der Waals surface area contributed by atoms with Gasteiger partial charge in [0.2, 0.25) is 0 Å². The molecule has 0 saturated carbocycles. The first-order valence-corrected chi connectivity index (χ1v) is 12.0. The van der Waals surface area contributed by atoms with Gasteiger partial charge >= 0.3 is 0 Å². The number of carbonyl (C=O) groups excluding carboxylic acids is 2. The monoisotopic (exact) mass is 478 g/mol. The highest BCUT2D eigenvalue weighted by Crippen LogP contribution is 2.34. The summed E-state index contributed by atoms with van der Waals surface area (Å²) in [5, 5.41) is 14.7. The minimum Gasteiger partial charge on any atom is -0.273 e. The van der Waals surface area contributed by atoms with Crippen LogP contribution in [0.25, 0.3) is 23.0 Å². The van der Waals surface area contributed by atoms with Crippen LogP contribution in [0.15, 0.2) is 65.4 Å². The third kappa shape index (κ3) is 4.52. The summed E-state index contributed by atoms with van der Waals surface area (Å²) in [6, 6.07) is 16.0. The van der Waals surface area contributed by atoms with Gasteiger partial charge in [0.1, 0.15) is 17.3 Å². The minimum atomic E-state index is -0.531. The summed E-state index contributed by atoms with van der Waals surface area (Å²) in [6.07, 6.45) is 3.67. The normalized spacial score (nSPS) is 15.3. The summed E-state index contributed by atoms with van der Waals surface area (Å²) in [6.45, 7) is 12.0. The lowest BCUT2D eigenvalue weighted by Gasteiger charge is -2.28. The largest absolute Gasteiger partial charge is 0.273 e. The predicted molar refractivity (Wildman–Crippen MR) is 141 cm³/mol. The van der Waals surface area contributed by atoms with Gasteiger partial charge in [-0.3, -0.25) is 14.5 Å². The molecule has 36 heavy (non-hydrogen) atoms. The Hall–Kier alpha value is -4.24.